The van der Waals surface area contributed by atoms with Gasteiger partial charge in [-0.1, -0.05) is 40.2 Å². The zero-order chi connectivity index (χ0) is 15.5. The van der Waals surface area contributed by atoms with E-state index >= 15 is 0 Å². The molecule has 0 aliphatic rings. The van der Waals surface area contributed by atoms with Gasteiger partial charge in [0, 0.05) is 15.5 Å². The van der Waals surface area contributed by atoms with Crippen molar-refractivity contribution in [3.05, 3.63) is 69.6 Å². The Labute approximate surface area is 134 Å². The minimum atomic E-state index is -0.303. The van der Waals surface area contributed by atoms with Gasteiger partial charge in [-0.25, -0.2) is 4.68 Å². The van der Waals surface area contributed by atoms with E-state index in [1.807, 2.05) is 24.3 Å². The summed E-state index contributed by atoms with van der Waals surface area (Å²) in [6.07, 6.45) is 1.59. The minimum Gasteiger partial charge on any atom is -0.324 e. The van der Waals surface area contributed by atoms with Crippen LogP contribution in [0.2, 0.25) is 0 Å². The van der Waals surface area contributed by atoms with Gasteiger partial charge in [0.2, 0.25) is 5.91 Å². The Balaban J connectivity index is 1.82. The molecule has 0 spiro atoms. The number of hydrogen-bond acceptors (Lipinski definition) is 3. The maximum atomic E-state index is 12.3. The number of amides is 1. The van der Waals surface area contributed by atoms with E-state index in [1.54, 1.807) is 30.5 Å². The van der Waals surface area contributed by atoms with Crippen LogP contribution in [0.4, 0.5) is 5.69 Å². The summed E-state index contributed by atoms with van der Waals surface area (Å²) in [6, 6.07) is 14.4. The van der Waals surface area contributed by atoms with Crippen LogP contribution in [0, 0.1) is 0 Å². The molecule has 110 valence electrons. The molecule has 0 bridgehead atoms. The summed E-state index contributed by atoms with van der Waals surface area (Å²) < 4.78 is 2.03. The van der Waals surface area contributed by atoms with Gasteiger partial charge < -0.3 is 5.32 Å². The highest BCUT2D eigenvalue weighted by Crippen LogP contribution is 2.15. The van der Waals surface area contributed by atoms with Gasteiger partial charge in [0.05, 0.1) is 11.6 Å². The fourth-order valence-electron chi connectivity index (χ4n) is 2.14. The Morgan fingerprint density at radius 2 is 2.00 bits per heavy atom. The van der Waals surface area contributed by atoms with Gasteiger partial charge in [-0.3, -0.25) is 9.59 Å². The average molecular weight is 358 g/mol. The van der Waals surface area contributed by atoms with Gasteiger partial charge in [-0.05, 0) is 24.3 Å². The van der Waals surface area contributed by atoms with Gasteiger partial charge in [-0.15, -0.1) is 0 Å². The monoisotopic (exact) mass is 357 g/mol. The van der Waals surface area contributed by atoms with E-state index in [9.17, 15) is 9.59 Å². The molecule has 0 aliphatic heterocycles. The number of rotatable bonds is 3. The molecule has 0 saturated heterocycles. The van der Waals surface area contributed by atoms with Crippen molar-refractivity contribution in [1.29, 1.82) is 0 Å². The molecule has 0 atom stereocenters. The lowest BCUT2D eigenvalue weighted by molar-refractivity contribution is -0.117. The van der Waals surface area contributed by atoms with E-state index in [-0.39, 0.29) is 18.0 Å². The SMILES string of the molecule is O=C(Cn1ncc2ccccc2c1=O)Nc1cccc(Br)c1. The molecular weight excluding hydrogens is 346 g/mol. The topological polar surface area (TPSA) is 64.0 Å². The summed E-state index contributed by atoms with van der Waals surface area (Å²) in [6.45, 7) is -0.129. The molecule has 0 unspecified atom stereocenters. The molecule has 1 N–H and O–H groups in total. The molecule has 0 aliphatic carbocycles. The normalized spacial score (nSPS) is 10.6. The summed E-state index contributed by atoms with van der Waals surface area (Å²) >= 11 is 3.34. The highest BCUT2D eigenvalue weighted by Gasteiger charge is 2.08. The highest BCUT2D eigenvalue weighted by atomic mass is 79.9. The second kappa shape index (κ2) is 6.11. The lowest BCUT2D eigenvalue weighted by Crippen LogP contribution is -2.29. The van der Waals surface area contributed by atoms with Crippen LogP contribution in [0.15, 0.2) is 64.0 Å². The number of nitrogens with zero attached hydrogens (tertiary/aromatic N) is 2. The molecule has 22 heavy (non-hydrogen) atoms. The number of aromatic nitrogens is 2. The molecule has 2 aromatic carbocycles. The van der Waals surface area contributed by atoms with Crippen molar-refractivity contribution >= 4 is 38.3 Å². The number of fused-ring (bicyclic) bond motifs is 1. The molecule has 6 heteroatoms. The Bertz CT molecular complexity index is 905. The van der Waals surface area contributed by atoms with Crippen LogP contribution in [0.5, 0.6) is 0 Å². The standard InChI is InChI=1S/C16H12BrN3O2/c17-12-5-3-6-13(8-12)19-15(21)10-20-16(22)14-7-2-1-4-11(14)9-18-20/h1-9H,10H2,(H,19,21). The zero-order valence-electron chi connectivity index (χ0n) is 11.5. The van der Waals surface area contributed by atoms with E-state index in [0.717, 1.165) is 14.5 Å². The maximum Gasteiger partial charge on any atom is 0.275 e. The van der Waals surface area contributed by atoms with Crippen molar-refractivity contribution in [1.82, 2.24) is 9.78 Å². The Morgan fingerprint density at radius 3 is 2.82 bits per heavy atom. The van der Waals surface area contributed by atoms with Gasteiger partial charge in [0.25, 0.3) is 5.56 Å². The first-order valence-electron chi connectivity index (χ1n) is 6.64. The number of anilines is 1. The Hall–Kier alpha value is -2.47. The first-order chi connectivity index (χ1) is 10.6. The molecule has 5 nitrogen and oxygen atoms in total. The van der Waals surface area contributed by atoms with E-state index in [1.165, 1.54) is 0 Å². The molecule has 0 saturated carbocycles. The van der Waals surface area contributed by atoms with Crippen LogP contribution < -0.4 is 10.9 Å². The van der Waals surface area contributed by atoms with Crippen molar-refractivity contribution in [2.75, 3.05) is 5.32 Å². The number of carbonyl (C=O) groups is 1. The van der Waals surface area contributed by atoms with Gasteiger partial charge in [-0.2, -0.15) is 5.10 Å². The molecule has 1 amide bonds. The van der Waals surface area contributed by atoms with Gasteiger partial charge in [0.15, 0.2) is 0 Å². The van der Waals surface area contributed by atoms with Crippen molar-refractivity contribution in [3.8, 4) is 0 Å². The van der Waals surface area contributed by atoms with Crippen LogP contribution in [-0.2, 0) is 11.3 Å². The Morgan fingerprint density at radius 1 is 1.18 bits per heavy atom. The average Bonchev–Trinajstić information content (AvgIpc) is 2.50. The molecule has 1 heterocycles. The highest BCUT2D eigenvalue weighted by molar-refractivity contribution is 9.10. The van der Waals surface area contributed by atoms with E-state index in [2.05, 4.69) is 26.3 Å². The van der Waals surface area contributed by atoms with Crippen molar-refractivity contribution < 1.29 is 4.79 Å². The van der Waals surface area contributed by atoms with Crippen LogP contribution in [0.25, 0.3) is 10.8 Å². The lowest BCUT2D eigenvalue weighted by atomic mass is 10.2. The van der Waals surface area contributed by atoms with Crippen molar-refractivity contribution in [2.24, 2.45) is 0 Å². The number of hydrogen-bond donors (Lipinski definition) is 1. The maximum absolute atomic E-state index is 12.3. The quantitative estimate of drug-likeness (QED) is 0.783. The molecule has 0 fully saturated rings. The van der Waals surface area contributed by atoms with Gasteiger partial charge >= 0.3 is 0 Å². The zero-order valence-corrected chi connectivity index (χ0v) is 13.1. The second-order valence-corrected chi connectivity index (χ2v) is 5.67. The minimum absolute atomic E-state index is 0.129. The Kier molecular flexibility index (Phi) is 4.02. The molecule has 0 radical (unpaired) electrons. The third-order valence-electron chi connectivity index (χ3n) is 3.16. The summed E-state index contributed by atoms with van der Waals surface area (Å²) in [4.78, 5) is 24.3. The van der Waals surface area contributed by atoms with E-state index < -0.39 is 0 Å². The number of benzene rings is 2. The van der Waals surface area contributed by atoms with Crippen molar-refractivity contribution in [3.63, 3.8) is 0 Å². The van der Waals surface area contributed by atoms with Gasteiger partial charge in [0.1, 0.15) is 6.54 Å². The van der Waals surface area contributed by atoms with Crippen LogP contribution in [0.1, 0.15) is 0 Å². The summed E-state index contributed by atoms with van der Waals surface area (Å²) in [5.41, 5.74) is 0.385. The molecule has 3 aromatic rings. The fourth-order valence-corrected chi connectivity index (χ4v) is 2.54. The number of nitrogens with one attached hydrogen (secondary N) is 1. The summed E-state index contributed by atoms with van der Waals surface area (Å²) in [5, 5.41) is 8.09. The van der Waals surface area contributed by atoms with Crippen molar-refractivity contribution in [2.45, 2.75) is 6.54 Å². The smallest absolute Gasteiger partial charge is 0.275 e. The third kappa shape index (κ3) is 3.07. The number of carbonyl (C=O) groups excluding carboxylic acids is 1. The first-order valence-corrected chi connectivity index (χ1v) is 7.43. The van der Waals surface area contributed by atoms with Crippen LogP contribution in [0.3, 0.4) is 0 Å². The molecule has 3 rings (SSSR count). The third-order valence-corrected chi connectivity index (χ3v) is 3.66. The largest absolute Gasteiger partial charge is 0.324 e. The van der Waals surface area contributed by atoms with Crippen LogP contribution >= 0.6 is 15.9 Å². The predicted octanol–water partition coefficient (Wildman–Crippen LogP) is 2.80. The van der Waals surface area contributed by atoms with E-state index in [4.69, 9.17) is 0 Å². The number of halogens is 1. The predicted molar refractivity (Wildman–Crippen MR) is 88.8 cm³/mol. The van der Waals surface area contributed by atoms with E-state index in [0.29, 0.717) is 11.1 Å². The summed E-state index contributed by atoms with van der Waals surface area (Å²) in [5.74, 6) is -0.303. The molecule has 1 aromatic heterocycles. The first kappa shape index (κ1) is 14.5. The lowest BCUT2D eigenvalue weighted by Gasteiger charge is -2.07. The fraction of sp³-hybridized carbons (Fsp3) is 0.0625. The summed E-state index contributed by atoms with van der Waals surface area (Å²) in [7, 11) is 0. The van der Waals surface area contributed by atoms with Crippen LogP contribution in [-0.4, -0.2) is 15.7 Å². The second-order valence-electron chi connectivity index (χ2n) is 4.75. The molecular formula is C16H12BrN3O2.